The Balaban J connectivity index is 2.36. The van der Waals surface area contributed by atoms with Crippen molar-refractivity contribution in [2.45, 2.75) is 26.7 Å². The highest BCUT2D eigenvalue weighted by molar-refractivity contribution is 5.80. The van der Waals surface area contributed by atoms with E-state index in [2.05, 4.69) is 10.1 Å². The number of rotatable bonds is 4. The Morgan fingerprint density at radius 1 is 1.27 bits per heavy atom. The minimum atomic E-state index is -0.131. The Labute approximate surface area is 128 Å². The molecular weight excluding hydrogens is 278 g/mol. The summed E-state index contributed by atoms with van der Waals surface area (Å²) >= 11 is 0. The number of nitrogens with one attached hydrogen (secondary N) is 1. The fourth-order valence-corrected chi connectivity index (χ4v) is 2.82. The number of aromatic amines is 1. The zero-order valence-electron chi connectivity index (χ0n) is 12.8. The van der Waals surface area contributed by atoms with Gasteiger partial charge in [0.1, 0.15) is 0 Å². The van der Waals surface area contributed by atoms with Crippen molar-refractivity contribution in [2.75, 3.05) is 6.61 Å². The largest absolute Gasteiger partial charge is 0.396 e. The van der Waals surface area contributed by atoms with Crippen molar-refractivity contribution in [2.24, 2.45) is 0 Å². The normalized spacial score (nSPS) is 11.2. The summed E-state index contributed by atoms with van der Waals surface area (Å²) in [4.78, 5) is 17.3. The molecule has 5 heteroatoms. The van der Waals surface area contributed by atoms with Crippen LogP contribution in [-0.2, 0) is 12.8 Å². The Bertz CT molecular complexity index is 863. The van der Waals surface area contributed by atoms with Crippen molar-refractivity contribution in [1.82, 2.24) is 14.6 Å². The number of aliphatic hydroxyl groups excluding tert-OH is 1. The number of hydrogen-bond donors (Lipinski definition) is 2. The first kappa shape index (κ1) is 14.5. The number of aliphatic hydroxyl groups is 1. The predicted octanol–water partition coefficient (Wildman–Crippen LogP) is 2.10. The quantitative estimate of drug-likeness (QED) is 0.774. The van der Waals surface area contributed by atoms with E-state index in [1.165, 1.54) is 4.52 Å². The number of H-pyrrole nitrogens is 1. The molecule has 3 rings (SSSR count). The molecule has 3 aromatic rings. The minimum Gasteiger partial charge on any atom is -0.396 e. The van der Waals surface area contributed by atoms with Gasteiger partial charge in [0.2, 0.25) is 0 Å². The summed E-state index contributed by atoms with van der Waals surface area (Å²) in [6.07, 6.45) is 1.10. The van der Waals surface area contributed by atoms with E-state index in [-0.39, 0.29) is 12.2 Å². The van der Waals surface area contributed by atoms with Crippen LogP contribution < -0.4 is 5.56 Å². The standard InChI is InChI=1S/C17H19N3O2/c1-3-14-15(12-7-5-4-6-8-12)16-18-11(2)13(9-10-21)17(22)20(16)19-14/h4-8,19,21H,3,9-10H2,1-2H3. The molecule has 2 heterocycles. The van der Waals surface area contributed by atoms with Gasteiger partial charge in [-0.3, -0.25) is 9.89 Å². The Morgan fingerprint density at radius 3 is 2.64 bits per heavy atom. The van der Waals surface area contributed by atoms with Gasteiger partial charge < -0.3 is 5.11 Å². The van der Waals surface area contributed by atoms with E-state index in [0.29, 0.717) is 23.3 Å². The molecule has 0 aliphatic rings. The summed E-state index contributed by atoms with van der Waals surface area (Å²) in [5.74, 6) is 0. The number of aromatic nitrogens is 3. The molecule has 0 spiro atoms. The molecule has 0 aliphatic carbocycles. The van der Waals surface area contributed by atoms with Crippen molar-refractivity contribution in [1.29, 1.82) is 0 Å². The van der Waals surface area contributed by atoms with Gasteiger partial charge >= 0.3 is 0 Å². The van der Waals surface area contributed by atoms with Crippen LogP contribution in [0.4, 0.5) is 0 Å². The molecule has 0 unspecified atom stereocenters. The molecular formula is C17H19N3O2. The number of aryl methyl sites for hydroxylation is 2. The minimum absolute atomic E-state index is 0.0588. The van der Waals surface area contributed by atoms with Crippen LogP contribution in [0.15, 0.2) is 35.1 Å². The lowest BCUT2D eigenvalue weighted by molar-refractivity contribution is 0.298. The molecule has 0 amide bonds. The van der Waals surface area contributed by atoms with Crippen LogP contribution in [-0.4, -0.2) is 26.3 Å². The molecule has 0 bridgehead atoms. The van der Waals surface area contributed by atoms with E-state index in [1.807, 2.05) is 44.2 Å². The Hall–Kier alpha value is -2.40. The maximum absolute atomic E-state index is 12.6. The molecule has 0 saturated carbocycles. The third-order valence-corrected chi connectivity index (χ3v) is 3.93. The molecule has 5 nitrogen and oxygen atoms in total. The molecule has 2 N–H and O–H groups in total. The monoisotopic (exact) mass is 297 g/mol. The van der Waals surface area contributed by atoms with Crippen LogP contribution in [0, 0.1) is 6.92 Å². The molecule has 114 valence electrons. The number of nitrogens with zero attached hydrogens (tertiary/aromatic N) is 2. The Kier molecular flexibility index (Phi) is 3.81. The molecule has 0 fully saturated rings. The van der Waals surface area contributed by atoms with Crippen molar-refractivity contribution < 1.29 is 5.11 Å². The second-order valence-electron chi connectivity index (χ2n) is 5.30. The van der Waals surface area contributed by atoms with E-state index in [0.717, 1.165) is 23.2 Å². The topological polar surface area (TPSA) is 70.4 Å². The molecule has 22 heavy (non-hydrogen) atoms. The first-order chi connectivity index (χ1) is 10.7. The average Bonchev–Trinajstić information content (AvgIpc) is 2.91. The lowest BCUT2D eigenvalue weighted by Crippen LogP contribution is -2.22. The number of fused-ring (bicyclic) bond motifs is 1. The lowest BCUT2D eigenvalue weighted by atomic mass is 10.0. The van der Waals surface area contributed by atoms with E-state index in [9.17, 15) is 4.79 Å². The first-order valence-corrected chi connectivity index (χ1v) is 7.46. The third kappa shape index (κ3) is 2.23. The summed E-state index contributed by atoms with van der Waals surface area (Å²) in [6.45, 7) is 3.81. The number of benzene rings is 1. The second kappa shape index (κ2) is 5.77. The highest BCUT2D eigenvalue weighted by Crippen LogP contribution is 2.27. The second-order valence-corrected chi connectivity index (χ2v) is 5.30. The maximum Gasteiger partial charge on any atom is 0.276 e. The molecule has 0 aliphatic heterocycles. The smallest absolute Gasteiger partial charge is 0.276 e. The van der Waals surface area contributed by atoms with Crippen LogP contribution in [0.1, 0.15) is 23.9 Å². The number of hydrogen-bond acceptors (Lipinski definition) is 3. The third-order valence-electron chi connectivity index (χ3n) is 3.93. The van der Waals surface area contributed by atoms with E-state index in [4.69, 9.17) is 5.11 Å². The van der Waals surface area contributed by atoms with Gasteiger partial charge in [-0.15, -0.1) is 0 Å². The van der Waals surface area contributed by atoms with E-state index >= 15 is 0 Å². The fourth-order valence-electron chi connectivity index (χ4n) is 2.82. The van der Waals surface area contributed by atoms with Crippen LogP contribution in [0.3, 0.4) is 0 Å². The zero-order chi connectivity index (χ0) is 15.7. The highest BCUT2D eigenvalue weighted by atomic mass is 16.3. The van der Waals surface area contributed by atoms with Crippen molar-refractivity contribution in [3.8, 4) is 11.1 Å². The summed E-state index contributed by atoms with van der Waals surface area (Å²) in [5, 5.41) is 12.3. The molecule has 0 radical (unpaired) electrons. The lowest BCUT2D eigenvalue weighted by Gasteiger charge is -2.05. The first-order valence-electron chi connectivity index (χ1n) is 7.46. The summed E-state index contributed by atoms with van der Waals surface area (Å²) in [6, 6.07) is 9.96. The average molecular weight is 297 g/mol. The SMILES string of the molecule is CCc1[nH]n2c(=O)c(CCO)c(C)nc2c1-c1ccccc1. The van der Waals surface area contributed by atoms with Crippen molar-refractivity contribution in [3.63, 3.8) is 0 Å². The van der Waals surface area contributed by atoms with Crippen LogP contribution in [0.2, 0.25) is 0 Å². The van der Waals surface area contributed by atoms with Crippen molar-refractivity contribution in [3.05, 3.63) is 57.6 Å². The predicted molar refractivity (Wildman–Crippen MR) is 86.2 cm³/mol. The fraction of sp³-hybridized carbons (Fsp3) is 0.294. The zero-order valence-corrected chi connectivity index (χ0v) is 12.8. The van der Waals surface area contributed by atoms with Crippen LogP contribution in [0.5, 0.6) is 0 Å². The molecule has 2 aromatic heterocycles. The maximum atomic E-state index is 12.6. The van der Waals surface area contributed by atoms with Gasteiger partial charge in [-0.2, -0.15) is 0 Å². The van der Waals surface area contributed by atoms with Gasteiger partial charge in [0.05, 0.1) is 0 Å². The summed E-state index contributed by atoms with van der Waals surface area (Å²) in [5.41, 5.74) is 4.75. The molecule has 1 aromatic carbocycles. The van der Waals surface area contributed by atoms with Gasteiger partial charge in [-0.05, 0) is 18.9 Å². The van der Waals surface area contributed by atoms with Gasteiger partial charge in [-0.25, -0.2) is 9.50 Å². The van der Waals surface area contributed by atoms with Gasteiger partial charge in [0, 0.05) is 35.5 Å². The van der Waals surface area contributed by atoms with E-state index in [1.54, 1.807) is 0 Å². The Morgan fingerprint density at radius 2 is 2.00 bits per heavy atom. The van der Waals surface area contributed by atoms with Crippen LogP contribution in [0.25, 0.3) is 16.8 Å². The highest BCUT2D eigenvalue weighted by Gasteiger charge is 2.18. The van der Waals surface area contributed by atoms with Gasteiger partial charge in [0.15, 0.2) is 5.65 Å². The van der Waals surface area contributed by atoms with Crippen molar-refractivity contribution >= 4 is 5.65 Å². The van der Waals surface area contributed by atoms with E-state index < -0.39 is 0 Å². The molecule has 0 saturated heterocycles. The molecule has 0 atom stereocenters. The summed E-state index contributed by atoms with van der Waals surface area (Å²) < 4.78 is 1.50. The van der Waals surface area contributed by atoms with Gasteiger partial charge in [-0.1, -0.05) is 37.3 Å². The van der Waals surface area contributed by atoms with Crippen LogP contribution >= 0.6 is 0 Å². The van der Waals surface area contributed by atoms with Gasteiger partial charge in [0.25, 0.3) is 5.56 Å². The summed E-state index contributed by atoms with van der Waals surface area (Å²) in [7, 11) is 0.